The minimum absolute atomic E-state index is 0.0201. The summed E-state index contributed by atoms with van der Waals surface area (Å²) in [6.07, 6.45) is 0.618. The van der Waals surface area contributed by atoms with Gasteiger partial charge < -0.3 is 9.47 Å². The highest BCUT2D eigenvalue weighted by Crippen LogP contribution is 2.24. The van der Waals surface area contributed by atoms with Gasteiger partial charge in [-0.15, -0.1) is 0 Å². The fraction of sp³-hybridized carbons (Fsp3) is 0.235. The minimum atomic E-state index is -4.36. The van der Waals surface area contributed by atoms with Crippen molar-refractivity contribution < 1.29 is 27.5 Å². The summed E-state index contributed by atoms with van der Waals surface area (Å²) in [6, 6.07) is 36.8. The van der Waals surface area contributed by atoms with Gasteiger partial charge in [-0.05, 0) is 47.9 Å². The third-order valence-electron chi connectivity index (χ3n) is 6.84. The van der Waals surface area contributed by atoms with Crippen LogP contribution in [0.2, 0.25) is 0 Å². The maximum Gasteiger partial charge on any atom is 0.324 e. The predicted molar refractivity (Wildman–Crippen MR) is 158 cm³/mol. The Morgan fingerprint density at radius 3 is 1.10 bits per heavy atom. The van der Waals surface area contributed by atoms with Crippen LogP contribution >= 0.6 is 0 Å². The summed E-state index contributed by atoms with van der Waals surface area (Å²) < 4.78 is 39.4. The molecule has 2 unspecified atom stereocenters. The summed E-state index contributed by atoms with van der Waals surface area (Å²) in [6.45, 7) is -0.131. The van der Waals surface area contributed by atoms with Gasteiger partial charge >= 0.3 is 11.9 Å². The number of esters is 2. The van der Waals surface area contributed by atoms with E-state index in [4.69, 9.17) is 9.47 Å². The summed E-state index contributed by atoms with van der Waals surface area (Å²) in [5, 5.41) is -3.06. The Labute approximate surface area is 241 Å². The predicted octanol–water partition coefficient (Wildman–Crippen LogP) is 5.89. The second kappa shape index (κ2) is 15.0. The van der Waals surface area contributed by atoms with Crippen molar-refractivity contribution in [3.8, 4) is 0 Å². The number of rotatable bonds is 14. The van der Waals surface area contributed by atoms with Gasteiger partial charge in [0.05, 0.1) is 0 Å². The van der Waals surface area contributed by atoms with Crippen LogP contribution in [-0.4, -0.2) is 30.9 Å². The molecule has 0 saturated heterocycles. The molecular formula is C34H34O6S. The zero-order valence-corrected chi connectivity index (χ0v) is 23.6. The molecule has 0 aliphatic heterocycles. The number of carbonyl (C=O) groups is 2. The molecule has 41 heavy (non-hydrogen) atoms. The molecule has 0 N–H and O–H groups in total. The highest BCUT2D eigenvalue weighted by molar-refractivity contribution is 7.94. The number of aryl methyl sites for hydroxylation is 2. The zero-order valence-electron chi connectivity index (χ0n) is 22.8. The van der Waals surface area contributed by atoms with Crippen molar-refractivity contribution in [3.05, 3.63) is 144 Å². The first-order valence-electron chi connectivity index (χ1n) is 13.6. The number of sulfone groups is 1. The third kappa shape index (κ3) is 8.88. The molecule has 0 saturated carbocycles. The number of carbonyl (C=O) groups excluding carboxylic acids is 2. The molecule has 0 spiro atoms. The van der Waals surface area contributed by atoms with Crippen molar-refractivity contribution >= 4 is 21.8 Å². The van der Waals surface area contributed by atoms with Crippen LogP contribution in [0.5, 0.6) is 0 Å². The molecule has 212 valence electrons. The Bertz CT molecular complexity index is 1360. The normalized spacial score (nSPS) is 12.7. The zero-order chi connectivity index (χ0) is 28.9. The van der Waals surface area contributed by atoms with Gasteiger partial charge in [-0.1, -0.05) is 121 Å². The molecule has 0 aliphatic carbocycles. The summed E-state index contributed by atoms with van der Waals surface area (Å²) in [5.74, 6) is -1.74. The molecule has 0 bridgehead atoms. The van der Waals surface area contributed by atoms with Crippen molar-refractivity contribution in [3.63, 3.8) is 0 Å². The first kappa shape index (κ1) is 29.7. The molecule has 4 rings (SSSR count). The fourth-order valence-electron chi connectivity index (χ4n) is 4.56. The molecule has 0 aromatic heterocycles. The van der Waals surface area contributed by atoms with E-state index in [-0.39, 0.29) is 26.1 Å². The van der Waals surface area contributed by atoms with Crippen LogP contribution in [0.3, 0.4) is 0 Å². The average molecular weight is 571 g/mol. The van der Waals surface area contributed by atoms with Gasteiger partial charge in [-0.3, -0.25) is 9.59 Å². The molecule has 4 aromatic rings. The van der Waals surface area contributed by atoms with E-state index >= 15 is 0 Å². The Hall–Kier alpha value is -4.23. The van der Waals surface area contributed by atoms with Crippen LogP contribution in [0, 0.1) is 0 Å². The maximum absolute atomic E-state index is 14.2. The Balaban J connectivity index is 1.59. The number of hydrogen-bond donors (Lipinski definition) is 0. The van der Waals surface area contributed by atoms with Crippen LogP contribution in [-0.2, 0) is 55.0 Å². The fourth-order valence-corrected chi connectivity index (χ4v) is 6.52. The van der Waals surface area contributed by atoms with E-state index in [1.54, 1.807) is 24.3 Å². The lowest BCUT2D eigenvalue weighted by Gasteiger charge is -2.23. The molecule has 0 radical (unpaired) electrons. The average Bonchev–Trinajstić information content (AvgIpc) is 3.01. The van der Waals surface area contributed by atoms with Gasteiger partial charge in [0.1, 0.15) is 13.2 Å². The lowest BCUT2D eigenvalue weighted by atomic mass is 10.1. The van der Waals surface area contributed by atoms with Crippen molar-refractivity contribution in [1.29, 1.82) is 0 Å². The number of benzene rings is 4. The van der Waals surface area contributed by atoms with Crippen LogP contribution in [0.1, 0.15) is 35.1 Å². The van der Waals surface area contributed by atoms with Gasteiger partial charge in [-0.25, -0.2) is 8.42 Å². The third-order valence-corrected chi connectivity index (χ3v) is 9.29. The summed E-state index contributed by atoms with van der Waals surface area (Å²) in [5.41, 5.74) is 3.25. The van der Waals surface area contributed by atoms with Gasteiger partial charge in [0, 0.05) is 0 Å². The van der Waals surface area contributed by atoms with Crippen LogP contribution in [0.15, 0.2) is 121 Å². The van der Waals surface area contributed by atoms with E-state index < -0.39 is 32.3 Å². The SMILES string of the molecule is O=C(OCc1ccccc1)C(CCc1ccccc1)S(=O)(=O)C(CCc1ccccc1)C(=O)OCc1ccccc1. The molecule has 2 atom stereocenters. The number of hydrogen-bond acceptors (Lipinski definition) is 6. The van der Waals surface area contributed by atoms with Gasteiger partial charge in [-0.2, -0.15) is 0 Å². The molecule has 7 heteroatoms. The van der Waals surface area contributed by atoms with E-state index in [0.29, 0.717) is 12.8 Å². The molecule has 0 heterocycles. The summed E-state index contributed by atoms with van der Waals surface area (Å²) >= 11 is 0. The van der Waals surface area contributed by atoms with E-state index in [0.717, 1.165) is 22.3 Å². The van der Waals surface area contributed by atoms with Crippen molar-refractivity contribution in [2.75, 3.05) is 0 Å². The minimum Gasteiger partial charge on any atom is -0.460 e. The highest BCUT2D eigenvalue weighted by Gasteiger charge is 2.44. The number of ether oxygens (including phenoxy) is 2. The standard InChI is InChI=1S/C34H34O6S/c35-33(39-25-29-17-9-3-10-18-29)31(23-21-27-13-5-1-6-14-27)41(37,38)32(24-22-28-15-7-2-8-16-28)34(36)40-26-30-19-11-4-12-20-30/h1-20,31-32H,21-26H2. The largest absolute Gasteiger partial charge is 0.460 e. The quantitative estimate of drug-likeness (QED) is 0.176. The lowest BCUT2D eigenvalue weighted by molar-refractivity contribution is -0.144. The van der Waals surface area contributed by atoms with Gasteiger partial charge in [0.15, 0.2) is 20.3 Å². The van der Waals surface area contributed by atoms with Crippen LogP contribution < -0.4 is 0 Å². The second-order valence-electron chi connectivity index (χ2n) is 9.80. The highest BCUT2D eigenvalue weighted by atomic mass is 32.2. The maximum atomic E-state index is 14.2. The van der Waals surface area contributed by atoms with Crippen LogP contribution in [0.25, 0.3) is 0 Å². The van der Waals surface area contributed by atoms with Gasteiger partial charge in [0.25, 0.3) is 0 Å². The monoisotopic (exact) mass is 570 g/mol. The van der Waals surface area contributed by atoms with E-state index in [1.165, 1.54) is 0 Å². The first-order valence-corrected chi connectivity index (χ1v) is 15.3. The molecule has 0 fully saturated rings. The molecule has 0 aliphatic rings. The Morgan fingerprint density at radius 2 is 0.780 bits per heavy atom. The lowest BCUT2D eigenvalue weighted by Crippen LogP contribution is -2.43. The van der Waals surface area contributed by atoms with Crippen LogP contribution in [0.4, 0.5) is 0 Å². The molecular weight excluding hydrogens is 536 g/mol. The Kier molecular flexibility index (Phi) is 10.9. The van der Waals surface area contributed by atoms with Gasteiger partial charge in [0.2, 0.25) is 0 Å². The second-order valence-corrected chi connectivity index (χ2v) is 12.1. The van der Waals surface area contributed by atoms with E-state index in [1.807, 2.05) is 97.1 Å². The first-order chi connectivity index (χ1) is 19.9. The van der Waals surface area contributed by atoms with Crippen molar-refractivity contribution in [1.82, 2.24) is 0 Å². The van der Waals surface area contributed by atoms with Crippen molar-refractivity contribution in [2.24, 2.45) is 0 Å². The van der Waals surface area contributed by atoms with Crippen molar-refractivity contribution in [2.45, 2.75) is 49.4 Å². The topological polar surface area (TPSA) is 86.7 Å². The van der Waals surface area contributed by atoms with E-state index in [2.05, 4.69) is 0 Å². The molecule has 0 amide bonds. The molecule has 6 nitrogen and oxygen atoms in total. The Morgan fingerprint density at radius 1 is 0.488 bits per heavy atom. The summed E-state index contributed by atoms with van der Waals surface area (Å²) in [4.78, 5) is 26.8. The summed E-state index contributed by atoms with van der Waals surface area (Å²) in [7, 11) is -4.36. The van der Waals surface area contributed by atoms with E-state index in [9.17, 15) is 18.0 Å². The smallest absolute Gasteiger partial charge is 0.324 e. The molecule has 4 aromatic carbocycles.